The Morgan fingerprint density at radius 2 is 2.19 bits per heavy atom. The van der Waals surface area contributed by atoms with Crippen molar-refractivity contribution in [3.63, 3.8) is 0 Å². The number of nitrogens with one attached hydrogen (secondary N) is 1. The second-order valence-corrected chi connectivity index (χ2v) is 3.40. The van der Waals surface area contributed by atoms with Crippen molar-refractivity contribution >= 4 is 23.3 Å². The van der Waals surface area contributed by atoms with Crippen molar-refractivity contribution in [3.8, 4) is 5.75 Å². The molecule has 0 radical (unpaired) electrons. The van der Waals surface area contributed by atoms with E-state index in [0.29, 0.717) is 0 Å². The van der Waals surface area contributed by atoms with Crippen LogP contribution in [0.1, 0.15) is 0 Å². The summed E-state index contributed by atoms with van der Waals surface area (Å²) < 4.78 is 5.48. The summed E-state index contributed by atoms with van der Waals surface area (Å²) in [6, 6.07) is 7.70. The predicted molar refractivity (Wildman–Crippen MR) is 66.1 cm³/mol. The van der Waals surface area contributed by atoms with E-state index in [1.165, 1.54) is 0 Å². The standard InChI is InChI=1S/C11H14N2O2.ClH/c12-6-8(14)7-15-11-3-1-2-10-9(11)4-5-13-10;/h1-5,8,13-14H,6-7,12H2;1H. The lowest BCUT2D eigenvalue weighted by Gasteiger charge is -2.10. The topological polar surface area (TPSA) is 71.3 Å². The SMILES string of the molecule is Cl.NCC(O)COc1cccc2[nH]ccc12. The van der Waals surface area contributed by atoms with Gasteiger partial charge in [0, 0.05) is 23.6 Å². The summed E-state index contributed by atoms with van der Waals surface area (Å²) >= 11 is 0. The molecule has 0 bridgehead atoms. The molecule has 0 saturated heterocycles. The number of rotatable bonds is 4. The highest BCUT2D eigenvalue weighted by atomic mass is 35.5. The third-order valence-corrected chi connectivity index (χ3v) is 2.26. The van der Waals surface area contributed by atoms with Gasteiger partial charge in [-0.05, 0) is 18.2 Å². The second-order valence-electron chi connectivity index (χ2n) is 3.40. The van der Waals surface area contributed by atoms with Crippen molar-refractivity contribution in [2.24, 2.45) is 5.73 Å². The van der Waals surface area contributed by atoms with Crippen LogP contribution in [0.15, 0.2) is 30.5 Å². The molecular weight excluding hydrogens is 228 g/mol. The lowest BCUT2D eigenvalue weighted by molar-refractivity contribution is 0.115. The minimum absolute atomic E-state index is 0. The molecule has 2 aromatic rings. The number of aromatic nitrogens is 1. The van der Waals surface area contributed by atoms with E-state index in [1.807, 2.05) is 30.5 Å². The van der Waals surface area contributed by atoms with E-state index in [4.69, 9.17) is 10.5 Å². The number of hydrogen-bond donors (Lipinski definition) is 3. The molecule has 1 aromatic carbocycles. The smallest absolute Gasteiger partial charge is 0.128 e. The third kappa shape index (κ3) is 2.66. The minimum atomic E-state index is -0.612. The van der Waals surface area contributed by atoms with Crippen LogP contribution in [0.2, 0.25) is 0 Å². The molecule has 0 aliphatic carbocycles. The van der Waals surface area contributed by atoms with E-state index in [0.717, 1.165) is 16.7 Å². The Hall–Kier alpha value is -1.23. The van der Waals surface area contributed by atoms with Gasteiger partial charge in [-0.3, -0.25) is 0 Å². The molecule has 5 heteroatoms. The van der Waals surface area contributed by atoms with Crippen LogP contribution >= 0.6 is 12.4 Å². The number of halogens is 1. The zero-order valence-corrected chi connectivity index (χ0v) is 9.54. The third-order valence-electron chi connectivity index (χ3n) is 2.26. The molecule has 2 rings (SSSR count). The number of aliphatic hydroxyl groups excluding tert-OH is 1. The zero-order chi connectivity index (χ0) is 10.7. The molecule has 1 heterocycles. The molecule has 88 valence electrons. The summed E-state index contributed by atoms with van der Waals surface area (Å²) in [5, 5.41) is 10.3. The fraction of sp³-hybridized carbons (Fsp3) is 0.273. The number of aromatic amines is 1. The highest BCUT2D eigenvalue weighted by Crippen LogP contribution is 2.24. The zero-order valence-electron chi connectivity index (χ0n) is 8.72. The maximum absolute atomic E-state index is 9.28. The van der Waals surface area contributed by atoms with Crippen molar-refractivity contribution in [1.29, 1.82) is 0 Å². The Kier molecular flexibility index (Phi) is 4.61. The number of fused-ring (bicyclic) bond motifs is 1. The summed E-state index contributed by atoms with van der Waals surface area (Å²) in [5.74, 6) is 0.765. The van der Waals surface area contributed by atoms with Gasteiger partial charge in [0.25, 0.3) is 0 Å². The number of ether oxygens (including phenoxy) is 1. The number of aliphatic hydroxyl groups is 1. The van der Waals surface area contributed by atoms with Crippen molar-refractivity contribution in [2.75, 3.05) is 13.2 Å². The number of hydrogen-bond acceptors (Lipinski definition) is 3. The van der Waals surface area contributed by atoms with E-state index in [-0.39, 0.29) is 25.6 Å². The predicted octanol–water partition coefficient (Wildman–Crippen LogP) is 1.29. The molecule has 1 atom stereocenters. The Balaban J connectivity index is 0.00000128. The van der Waals surface area contributed by atoms with E-state index in [1.54, 1.807) is 0 Å². The maximum Gasteiger partial charge on any atom is 0.128 e. The molecule has 0 spiro atoms. The van der Waals surface area contributed by atoms with Crippen molar-refractivity contribution in [3.05, 3.63) is 30.5 Å². The summed E-state index contributed by atoms with van der Waals surface area (Å²) in [6.07, 6.45) is 1.25. The van der Waals surface area contributed by atoms with Crippen LogP contribution in [0.25, 0.3) is 10.9 Å². The van der Waals surface area contributed by atoms with Gasteiger partial charge in [0.05, 0.1) is 0 Å². The van der Waals surface area contributed by atoms with Crippen LogP contribution in [0.3, 0.4) is 0 Å². The van der Waals surface area contributed by atoms with E-state index in [9.17, 15) is 5.11 Å². The monoisotopic (exact) mass is 242 g/mol. The van der Waals surface area contributed by atoms with Gasteiger partial charge in [-0.25, -0.2) is 0 Å². The van der Waals surface area contributed by atoms with E-state index in [2.05, 4.69) is 4.98 Å². The quantitative estimate of drug-likeness (QED) is 0.757. The fourth-order valence-electron chi connectivity index (χ4n) is 1.44. The van der Waals surface area contributed by atoms with Gasteiger partial charge in [0.2, 0.25) is 0 Å². The van der Waals surface area contributed by atoms with E-state index >= 15 is 0 Å². The van der Waals surface area contributed by atoms with Crippen LogP contribution in [0.5, 0.6) is 5.75 Å². The van der Waals surface area contributed by atoms with Crippen molar-refractivity contribution in [2.45, 2.75) is 6.10 Å². The lowest BCUT2D eigenvalue weighted by atomic mass is 10.2. The Morgan fingerprint density at radius 3 is 2.94 bits per heavy atom. The summed E-state index contributed by atoms with van der Waals surface area (Å²) in [6.45, 7) is 0.434. The summed E-state index contributed by atoms with van der Waals surface area (Å²) in [5.41, 5.74) is 6.32. The van der Waals surface area contributed by atoms with Gasteiger partial charge in [0.1, 0.15) is 18.5 Å². The number of H-pyrrole nitrogens is 1. The molecule has 0 aliphatic heterocycles. The molecule has 16 heavy (non-hydrogen) atoms. The highest BCUT2D eigenvalue weighted by molar-refractivity contribution is 5.85. The molecule has 4 N–H and O–H groups in total. The molecule has 0 amide bonds. The van der Waals surface area contributed by atoms with Crippen LogP contribution in [-0.4, -0.2) is 29.3 Å². The largest absolute Gasteiger partial charge is 0.490 e. The molecule has 0 fully saturated rings. The summed E-state index contributed by atoms with van der Waals surface area (Å²) in [7, 11) is 0. The molecule has 0 aliphatic rings. The molecular formula is C11H15ClN2O2. The number of nitrogens with two attached hydrogens (primary N) is 1. The van der Waals surface area contributed by atoms with Crippen LogP contribution in [-0.2, 0) is 0 Å². The molecule has 1 aromatic heterocycles. The van der Waals surface area contributed by atoms with Gasteiger partial charge in [-0.15, -0.1) is 12.4 Å². The van der Waals surface area contributed by atoms with Gasteiger partial charge < -0.3 is 20.6 Å². The Labute approximate surface area is 99.8 Å². The molecule has 1 unspecified atom stereocenters. The van der Waals surface area contributed by atoms with Gasteiger partial charge in [-0.2, -0.15) is 0 Å². The second kappa shape index (κ2) is 5.75. The first-order chi connectivity index (χ1) is 7.31. The lowest BCUT2D eigenvalue weighted by Crippen LogP contribution is -2.26. The maximum atomic E-state index is 9.28. The Morgan fingerprint density at radius 1 is 1.38 bits per heavy atom. The normalized spacial score (nSPS) is 12.1. The van der Waals surface area contributed by atoms with E-state index < -0.39 is 6.10 Å². The first kappa shape index (κ1) is 12.8. The van der Waals surface area contributed by atoms with Crippen LogP contribution < -0.4 is 10.5 Å². The van der Waals surface area contributed by atoms with Gasteiger partial charge in [0.15, 0.2) is 0 Å². The minimum Gasteiger partial charge on any atom is -0.490 e. The van der Waals surface area contributed by atoms with Crippen LogP contribution in [0, 0.1) is 0 Å². The fourth-order valence-corrected chi connectivity index (χ4v) is 1.44. The van der Waals surface area contributed by atoms with Gasteiger partial charge >= 0.3 is 0 Å². The first-order valence-electron chi connectivity index (χ1n) is 4.88. The average Bonchev–Trinajstić information content (AvgIpc) is 2.74. The first-order valence-corrected chi connectivity index (χ1v) is 4.88. The average molecular weight is 243 g/mol. The highest BCUT2D eigenvalue weighted by Gasteiger charge is 2.05. The van der Waals surface area contributed by atoms with Gasteiger partial charge in [-0.1, -0.05) is 6.07 Å². The van der Waals surface area contributed by atoms with Crippen molar-refractivity contribution in [1.82, 2.24) is 4.98 Å². The van der Waals surface area contributed by atoms with Crippen molar-refractivity contribution < 1.29 is 9.84 Å². The number of benzene rings is 1. The molecule has 4 nitrogen and oxygen atoms in total. The van der Waals surface area contributed by atoms with Crippen LogP contribution in [0.4, 0.5) is 0 Å². The molecule has 0 saturated carbocycles. The summed E-state index contributed by atoms with van der Waals surface area (Å²) in [4.78, 5) is 3.09. The Bertz CT molecular complexity index is 444.